The van der Waals surface area contributed by atoms with Gasteiger partial charge in [0, 0.05) is 32.7 Å². The topological polar surface area (TPSA) is 174 Å². The molecule has 3 aliphatic rings. The van der Waals surface area contributed by atoms with E-state index >= 15 is 0 Å². The molecule has 3 fully saturated rings. The highest BCUT2D eigenvalue weighted by molar-refractivity contribution is 7.91. The number of amides is 5. The number of piperidine rings is 1. The summed E-state index contributed by atoms with van der Waals surface area (Å²) in [5, 5.41) is 13.0. The molecular formula is C36H58N6O7S2. The first-order chi connectivity index (χ1) is 23.9. The van der Waals surface area contributed by atoms with Crippen molar-refractivity contribution in [2.24, 2.45) is 22.7 Å². The van der Waals surface area contributed by atoms with Crippen molar-refractivity contribution in [1.29, 1.82) is 0 Å². The van der Waals surface area contributed by atoms with Gasteiger partial charge in [-0.05, 0) is 53.9 Å². The van der Waals surface area contributed by atoms with Crippen LogP contribution in [0.25, 0.3) is 0 Å². The molecule has 0 unspecified atom stereocenters. The number of hydrogen-bond donors (Lipinski definition) is 4. The summed E-state index contributed by atoms with van der Waals surface area (Å²) in [6.45, 7) is 12.2. The first kappa shape index (κ1) is 40.7. The number of nitrogens with one attached hydrogen (secondary N) is 4. The van der Waals surface area contributed by atoms with E-state index in [0.29, 0.717) is 32.2 Å². The molecule has 0 radical (unpaired) electrons. The molecule has 1 aromatic rings. The van der Waals surface area contributed by atoms with Crippen molar-refractivity contribution in [2.75, 3.05) is 26.7 Å². The monoisotopic (exact) mass is 750 g/mol. The lowest BCUT2D eigenvalue weighted by Gasteiger charge is -2.36. The number of carbonyl (C=O) groups is 5. The number of urea groups is 1. The number of ketones is 1. The lowest BCUT2D eigenvalue weighted by atomic mass is 9.86. The molecule has 1 aromatic heterocycles. The van der Waals surface area contributed by atoms with E-state index in [1.165, 1.54) is 11.4 Å². The van der Waals surface area contributed by atoms with Crippen molar-refractivity contribution in [3.05, 3.63) is 17.5 Å². The third-order valence-corrected chi connectivity index (χ3v) is 14.2. The largest absolute Gasteiger partial charge is 0.350 e. The number of likely N-dealkylation sites (N-methyl/N-ethyl adjacent to an activating group) is 2. The zero-order valence-electron chi connectivity index (χ0n) is 31.3. The summed E-state index contributed by atoms with van der Waals surface area (Å²) in [6.07, 6.45) is 6.69. The molecule has 51 heavy (non-hydrogen) atoms. The van der Waals surface area contributed by atoms with Crippen LogP contribution in [0.2, 0.25) is 0 Å². The van der Waals surface area contributed by atoms with E-state index < -0.39 is 63.2 Å². The lowest BCUT2D eigenvalue weighted by Crippen LogP contribution is -2.60. The minimum absolute atomic E-state index is 0.0126. The van der Waals surface area contributed by atoms with Crippen LogP contribution >= 0.6 is 11.3 Å². The summed E-state index contributed by atoms with van der Waals surface area (Å²) >= 11 is 1.13. The van der Waals surface area contributed by atoms with Gasteiger partial charge in [-0.25, -0.2) is 13.2 Å². The van der Waals surface area contributed by atoms with Gasteiger partial charge in [0.05, 0.1) is 6.04 Å². The van der Waals surface area contributed by atoms with Crippen LogP contribution in [0.1, 0.15) is 99.3 Å². The fourth-order valence-corrected chi connectivity index (χ4v) is 9.98. The van der Waals surface area contributed by atoms with E-state index in [1.807, 2.05) is 20.8 Å². The molecule has 286 valence electrons. The Hall–Kier alpha value is -3.04. The average Bonchev–Trinajstić information content (AvgIpc) is 3.51. The molecule has 2 aliphatic heterocycles. The van der Waals surface area contributed by atoms with Crippen LogP contribution in [-0.2, 0) is 29.2 Å². The predicted octanol–water partition coefficient (Wildman–Crippen LogP) is 3.65. The normalized spacial score (nSPS) is 26.7. The standard InChI is InChI=1S/C36H58N6O7S2/c1-8-37-32(45)30(43)24-17-14-12-10-9-11-13-15-18-25(33(46)42-21-23-28(36(23,5)6)29(42)31(44)38-24)39-34(47)40-26(35(2,3)4)22-41(7)51(48,49)27-19-16-20-50-27/h16,19-20,23-26,28-29H,8-15,17-18,21-22H2,1-7H3,(H,37,45)(H,38,44)(H2,39,40,47)/t23-,24-,25-,26+,28-,29-/m0/s1. The second-order valence-electron chi connectivity index (χ2n) is 16.0. The van der Waals surface area contributed by atoms with Gasteiger partial charge in [0.1, 0.15) is 16.3 Å². The van der Waals surface area contributed by atoms with E-state index in [-0.39, 0.29) is 40.5 Å². The van der Waals surface area contributed by atoms with Crippen LogP contribution in [0, 0.1) is 22.7 Å². The molecule has 3 heterocycles. The molecular weight excluding hydrogens is 693 g/mol. The maximum atomic E-state index is 14.4. The molecule has 4 N–H and O–H groups in total. The molecule has 15 heteroatoms. The van der Waals surface area contributed by atoms with E-state index in [2.05, 4.69) is 35.1 Å². The highest BCUT2D eigenvalue weighted by Gasteiger charge is 2.69. The number of carbonyl (C=O) groups excluding carboxylic acids is 5. The van der Waals surface area contributed by atoms with Crippen molar-refractivity contribution in [2.45, 2.75) is 128 Å². The summed E-state index contributed by atoms with van der Waals surface area (Å²) in [4.78, 5) is 69.4. The Balaban J connectivity index is 1.55. The summed E-state index contributed by atoms with van der Waals surface area (Å²) in [6, 6.07) is -0.739. The van der Waals surface area contributed by atoms with Gasteiger partial charge in [0.2, 0.25) is 17.6 Å². The highest BCUT2D eigenvalue weighted by atomic mass is 32.2. The number of fused-ring (bicyclic) bond motifs is 3. The van der Waals surface area contributed by atoms with Gasteiger partial charge >= 0.3 is 6.03 Å². The Morgan fingerprint density at radius 1 is 1.06 bits per heavy atom. The van der Waals surface area contributed by atoms with Gasteiger partial charge in [0.25, 0.3) is 15.9 Å². The van der Waals surface area contributed by atoms with Crippen LogP contribution in [0.4, 0.5) is 4.79 Å². The fraction of sp³-hybridized carbons (Fsp3) is 0.750. The molecule has 1 aliphatic carbocycles. The maximum absolute atomic E-state index is 14.4. The Labute approximate surface area is 307 Å². The second-order valence-corrected chi connectivity index (χ2v) is 19.3. The van der Waals surface area contributed by atoms with Crippen LogP contribution in [-0.4, -0.2) is 98.0 Å². The molecule has 2 saturated heterocycles. The number of hydrogen-bond acceptors (Lipinski definition) is 8. The number of thiophene rings is 1. The molecule has 0 aromatic carbocycles. The minimum atomic E-state index is -3.76. The summed E-state index contributed by atoms with van der Waals surface area (Å²) < 4.78 is 27.8. The summed E-state index contributed by atoms with van der Waals surface area (Å²) in [5.41, 5.74) is -0.720. The summed E-state index contributed by atoms with van der Waals surface area (Å²) in [5.74, 6) is -2.29. The molecule has 13 nitrogen and oxygen atoms in total. The van der Waals surface area contributed by atoms with Crippen LogP contribution in [0.15, 0.2) is 21.7 Å². The van der Waals surface area contributed by atoms with E-state index in [1.54, 1.807) is 29.3 Å². The van der Waals surface area contributed by atoms with Crippen molar-refractivity contribution in [1.82, 2.24) is 30.5 Å². The van der Waals surface area contributed by atoms with Gasteiger partial charge in [0.15, 0.2) is 0 Å². The first-order valence-electron chi connectivity index (χ1n) is 18.4. The third kappa shape index (κ3) is 9.69. The molecule has 1 saturated carbocycles. The van der Waals surface area contributed by atoms with Crippen molar-refractivity contribution < 1.29 is 32.4 Å². The van der Waals surface area contributed by atoms with Crippen molar-refractivity contribution in [3.8, 4) is 0 Å². The third-order valence-electron chi connectivity index (χ3n) is 11.0. The highest BCUT2D eigenvalue weighted by Crippen LogP contribution is 2.65. The maximum Gasteiger partial charge on any atom is 0.315 e. The SMILES string of the molecule is CCNC(=O)C(=O)[C@@H]1CCCCCCCCC[C@H](NC(=O)N[C@H](CN(C)S(=O)(=O)c2cccs2)C(C)(C)C)C(=O)N2C[C@H]3[C@@H]([C@H]2C(=O)N1)C3(C)C. The fourth-order valence-electron chi connectivity index (χ4n) is 7.60. The first-order valence-corrected chi connectivity index (χ1v) is 20.7. The average molecular weight is 751 g/mol. The van der Waals surface area contributed by atoms with Gasteiger partial charge < -0.3 is 26.2 Å². The van der Waals surface area contributed by atoms with E-state index in [4.69, 9.17) is 0 Å². The minimum Gasteiger partial charge on any atom is -0.350 e. The van der Waals surface area contributed by atoms with Crippen LogP contribution in [0.3, 0.4) is 0 Å². The van der Waals surface area contributed by atoms with Crippen LogP contribution < -0.4 is 21.3 Å². The molecule has 6 atom stereocenters. The Bertz CT molecular complexity index is 1520. The zero-order chi connectivity index (χ0) is 37.7. The van der Waals surface area contributed by atoms with E-state index in [0.717, 1.165) is 43.4 Å². The molecule has 5 amide bonds. The summed E-state index contributed by atoms with van der Waals surface area (Å²) in [7, 11) is -2.28. The Morgan fingerprint density at radius 2 is 1.69 bits per heavy atom. The van der Waals surface area contributed by atoms with Gasteiger partial charge in [-0.3, -0.25) is 19.2 Å². The van der Waals surface area contributed by atoms with Gasteiger partial charge in [-0.2, -0.15) is 4.31 Å². The lowest BCUT2D eigenvalue weighted by molar-refractivity contribution is -0.144. The molecule has 4 rings (SSSR count). The quantitative estimate of drug-likeness (QED) is 0.279. The second kappa shape index (κ2) is 16.7. The number of Topliss-reactive ketones (excluding diaryl/α,β-unsaturated/α-hetero) is 1. The number of sulfonamides is 1. The number of nitrogens with zero attached hydrogens (tertiary/aromatic N) is 2. The zero-order valence-corrected chi connectivity index (χ0v) is 32.9. The van der Waals surface area contributed by atoms with Crippen molar-refractivity contribution >= 4 is 50.9 Å². The smallest absolute Gasteiger partial charge is 0.315 e. The predicted molar refractivity (Wildman–Crippen MR) is 196 cm³/mol. The Morgan fingerprint density at radius 3 is 2.27 bits per heavy atom. The van der Waals surface area contributed by atoms with Gasteiger partial charge in [-0.15, -0.1) is 11.3 Å². The number of rotatable bonds is 9. The molecule has 0 bridgehead atoms. The van der Waals surface area contributed by atoms with Gasteiger partial charge in [-0.1, -0.05) is 85.6 Å². The molecule has 0 spiro atoms. The van der Waals surface area contributed by atoms with Crippen LogP contribution in [0.5, 0.6) is 0 Å². The van der Waals surface area contributed by atoms with E-state index in [9.17, 15) is 32.4 Å². The Kier molecular flexibility index (Phi) is 13.4. The van der Waals surface area contributed by atoms with Crippen molar-refractivity contribution in [3.63, 3.8) is 0 Å².